The highest BCUT2D eigenvalue weighted by Gasteiger charge is 2.31. The molecular formula is C16H23NO. The van der Waals surface area contributed by atoms with E-state index in [1.54, 1.807) is 0 Å². The summed E-state index contributed by atoms with van der Waals surface area (Å²) in [7, 11) is 0. The van der Waals surface area contributed by atoms with Crippen LogP contribution in [0.5, 0.6) is 0 Å². The number of benzene rings is 1. The Morgan fingerprint density at radius 3 is 2.50 bits per heavy atom. The molecule has 2 nitrogen and oxygen atoms in total. The minimum Gasteiger partial charge on any atom is -0.145 e. The zero-order valence-electron chi connectivity index (χ0n) is 11.6. The second-order valence-corrected chi connectivity index (χ2v) is 5.69. The lowest BCUT2D eigenvalue weighted by Gasteiger charge is -2.18. The van der Waals surface area contributed by atoms with E-state index in [0.29, 0.717) is 11.8 Å². The second-order valence-electron chi connectivity index (χ2n) is 5.69. The largest absolute Gasteiger partial charge is 0.145 e. The molecule has 1 aromatic carbocycles. The summed E-state index contributed by atoms with van der Waals surface area (Å²) in [5, 5.41) is 3.36. The maximum atomic E-state index is 11.3. The van der Waals surface area contributed by atoms with E-state index in [2.05, 4.69) is 44.1 Å². The van der Waals surface area contributed by atoms with Crippen molar-refractivity contribution in [3.8, 4) is 0 Å². The fourth-order valence-corrected chi connectivity index (χ4v) is 2.89. The van der Waals surface area contributed by atoms with E-state index in [1.807, 2.05) is 0 Å². The summed E-state index contributed by atoms with van der Waals surface area (Å²) in [5.74, 6) is 1.67. The Labute approximate surface area is 110 Å². The van der Waals surface area contributed by atoms with Crippen LogP contribution in [0.4, 0.5) is 5.69 Å². The first-order valence-corrected chi connectivity index (χ1v) is 7.15. The summed E-state index contributed by atoms with van der Waals surface area (Å²) in [6.45, 7) is 6.61. The zero-order chi connectivity index (χ0) is 13.1. The van der Waals surface area contributed by atoms with Gasteiger partial charge in [-0.15, -0.1) is 4.91 Å². The molecule has 2 heteroatoms. The van der Waals surface area contributed by atoms with Gasteiger partial charge in [0.25, 0.3) is 0 Å². The summed E-state index contributed by atoms with van der Waals surface area (Å²) >= 11 is 0. The number of nitroso groups, excluding NO2 is 1. The Morgan fingerprint density at radius 2 is 1.94 bits per heavy atom. The van der Waals surface area contributed by atoms with Gasteiger partial charge in [0.2, 0.25) is 0 Å². The Hall–Kier alpha value is -1.18. The number of nitrogens with zero attached hydrogens (tertiary/aromatic N) is 1. The molecule has 1 aliphatic rings. The van der Waals surface area contributed by atoms with Gasteiger partial charge < -0.3 is 0 Å². The first kappa shape index (κ1) is 13.3. The SMILES string of the molecule is CCCC(C)c1cccc(C(C)C2CC2)c1N=O. The highest BCUT2D eigenvalue weighted by Crippen LogP contribution is 2.46. The predicted octanol–water partition coefficient (Wildman–Crippen LogP) is 5.50. The minimum atomic E-state index is 0.425. The molecule has 1 aliphatic carbocycles. The van der Waals surface area contributed by atoms with Gasteiger partial charge in [-0.05, 0) is 53.3 Å². The van der Waals surface area contributed by atoms with E-state index < -0.39 is 0 Å². The summed E-state index contributed by atoms with van der Waals surface area (Å²) in [6.07, 6.45) is 4.86. The van der Waals surface area contributed by atoms with Gasteiger partial charge in [0.1, 0.15) is 5.69 Å². The van der Waals surface area contributed by atoms with Crippen LogP contribution in [0.1, 0.15) is 69.4 Å². The summed E-state index contributed by atoms with van der Waals surface area (Å²) in [4.78, 5) is 11.3. The van der Waals surface area contributed by atoms with Crippen LogP contribution in [0.2, 0.25) is 0 Å². The van der Waals surface area contributed by atoms with Crippen molar-refractivity contribution in [1.29, 1.82) is 0 Å². The molecule has 0 aliphatic heterocycles. The molecule has 2 rings (SSSR count). The normalized spacial score (nSPS) is 18.4. The summed E-state index contributed by atoms with van der Waals surface area (Å²) in [5.41, 5.74) is 3.02. The van der Waals surface area contributed by atoms with E-state index in [1.165, 1.54) is 12.8 Å². The highest BCUT2D eigenvalue weighted by atomic mass is 16.3. The van der Waals surface area contributed by atoms with Crippen LogP contribution >= 0.6 is 0 Å². The van der Waals surface area contributed by atoms with Crippen LogP contribution in [-0.4, -0.2) is 0 Å². The molecule has 0 radical (unpaired) electrons. The first-order valence-electron chi connectivity index (χ1n) is 7.15. The molecule has 0 N–H and O–H groups in total. The molecule has 98 valence electrons. The van der Waals surface area contributed by atoms with Crippen LogP contribution in [0.3, 0.4) is 0 Å². The van der Waals surface area contributed by atoms with Crippen molar-refractivity contribution in [2.75, 3.05) is 0 Å². The Balaban J connectivity index is 2.35. The van der Waals surface area contributed by atoms with E-state index in [-0.39, 0.29) is 0 Å². The smallest absolute Gasteiger partial charge is 0.114 e. The van der Waals surface area contributed by atoms with Crippen LogP contribution < -0.4 is 0 Å². The Morgan fingerprint density at radius 1 is 1.28 bits per heavy atom. The molecular weight excluding hydrogens is 222 g/mol. The summed E-state index contributed by atoms with van der Waals surface area (Å²) < 4.78 is 0. The van der Waals surface area contributed by atoms with Crippen LogP contribution in [-0.2, 0) is 0 Å². The quantitative estimate of drug-likeness (QED) is 0.608. The third-order valence-electron chi connectivity index (χ3n) is 4.26. The molecule has 0 spiro atoms. The molecule has 1 saturated carbocycles. The van der Waals surface area contributed by atoms with Crippen molar-refractivity contribution in [3.05, 3.63) is 34.2 Å². The molecule has 1 fully saturated rings. The molecule has 0 bridgehead atoms. The summed E-state index contributed by atoms with van der Waals surface area (Å²) in [6, 6.07) is 6.24. The molecule has 0 aromatic heterocycles. The van der Waals surface area contributed by atoms with Gasteiger partial charge in [0.15, 0.2) is 0 Å². The third kappa shape index (κ3) is 2.63. The maximum Gasteiger partial charge on any atom is 0.114 e. The lowest BCUT2D eigenvalue weighted by molar-refractivity contribution is 0.648. The van der Waals surface area contributed by atoms with Crippen molar-refractivity contribution in [3.63, 3.8) is 0 Å². The molecule has 1 aromatic rings. The van der Waals surface area contributed by atoms with Gasteiger partial charge in [0, 0.05) is 0 Å². The second kappa shape index (κ2) is 5.64. The fourth-order valence-electron chi connectivity index (χ4n) is 2.89. The van der Waals surface area contributed by atoms with E-state index in [4.69, 9.17) is 0 Å². The first-order chi connectivity index (χ1) is 8.69. The lowest BCUT2D eigenvalue weighted by atomic mass is 9.88. The lowest BCUT2D eigenvalue weighted by Crippen LogP contribution is -2.01. The van der Waals surface area contributed by atoms with Crippen LogP contribution in [0, 0.1) is 10.8 Å². The molecule has 0 amide bonds. The molecule has 2 atom stereocenters. The minimum absolute atomic E-state index is 0.425. The van der Waals surface area contributed by atoms with E-state index in [9.17, 15) is 4.91 Å². The highest BCUT2D eigenvalue weighted by molar-refractivity contribution is 5.56. The number of rotatable bonds is 6. The van der Waals surface area contributed by atoms with Crippen molar-refractivity contribution in [1.82, 2.24) is 0 Å². The van der Waals surface area contributed by atoms with E-state index >= 15 is 0 Å². The van der Waals surface area contributed by atoms with Gasteiger partial charge in [-0.3, -0.25) is 0 Å². The molecule has 0 heterocycles. The Bertz CT molecular complexity index is 423. The average Bonchev–Trinajstić information content (AvgIpc) is 3.21. The predicted molar refractivity (Wildman–Crippen MR) is 76.4 cm³/mol. The fraction of sp³-hybridized carbons (Fsp3) is 0.625. The zero-order valence-corrected chi connectivity index (χ0v) is 11.6. The molecule has 2 unspecified atom stereocenters. The van der Waals surface area contributed by atoms with Gasteiger partial charge in [0.05, 0.1) is 0 Å². The topological polar surface area (TPSA) is 29.4 Å². The Kier molecular flexibility index (Phi) is 4.15. The monoisotopic (exact) mass is 245 g/mol. The third-order valence-corrected chi connectivity index (χ3v) is 4.26. The van der Waals surface area contributed by atoms with Crippen molar-refractivity contribution >= 4 is 5.69 Å². The van der Waals surface area contributed by atoms with Crippen LogP contribution in [0.25, 0.3) is 0 Å². The average molecular weight is 245 g/mol. The van der Waals surface area contributed by atoms with Gasteiger partial charge in [-0.2, -0.15) is 0 Å². The standard InChI is InChI=1S/C16H23NO/c1-4-6-11(2)14-7-5-8-15(16(14)17-18)12(3)13-9-10-13/h5,7-8,11-13H,4,6,9-10H2,1-3H3. The van der Waals surface area contributed by atoms with Gasteiger partial charge in [-0.25, -0.2) is 0 Å². The number of hydrogen-bond acceptors (Lipinski definition) is 2. The van der Waals surface area contributed by atoms with Crippen molar-refractivity contribution < 1.29 is 0 Å². The van der Waals surface area contributed by atoms with Crippen LogP contribution in [0.15, 0.2) is 23.4 Å². The van der Waals surface area contributed by atoms with Crippen molar-refractivity contribution in [2.24, 2.45) is 11.1 Å². The molecule has 0 saturated heterocycles. The molecule has 18 heavy (non-hydrogen) atoms. The van der Waals surface area contributed by atoms with Crippen molar-refractivity contribution in [2.45, 2.75) is 58.3 Å². The number of hydrogen-bond donors (Lipinski definition) is 0. The maximum absolute atomic E-state index is 11.3. The van der Waals surface area contributed by atoms with E-state index in [0.717, 1.165) is 35.6 Å². The van der Waals surface area contributed by atoms with Gasteiger partial charge >= 0.3 is 0 Å². The van der Waals surface area contributed by atoms with Gasteiger partial charge in [-0.1, -0.05) is 45.4 Å².